The summed E-state index contributed by atoms with van der Waals surface area (Å²) >= 11 is 0. The van der Waals surface area contributed by atoms with E-state index in [0.717, 1.165) is 0 Å². The normalized spacial score (nSPS) is 11.5. The molecule has 0 aliphatic rings. The molecule has 0 N–H and O–H groups in total. The Morgan fingerprint density at radius 2 is 1.65 bits per heavy atom. The van der Waals surface area contributed by atoms with Crippen LogP contribution in [-0.4, -0.2) is 38.7 Å². The van der Waals surface area contributed by atoms with Gasteiger partial charge in [0, 0.05) is 16.7 Å². The van der Waals surface area contributed by atoms with Gasteiger partial charge in [0.05, 0.1) is 18.7 Å². The molecule has 2 rings (SSSR count). The largest absolute Gasteiger partial charge is 0.464 e. The van der Waals surface area contributed by atoms with Crippen LogP contribution in [0.4, 0.5) is 0 Å². The van der Waals surface area contributed by atoms with Gasteiger partial charge in [-0.05, 0) is 12.1 Å². The lowest BCUT2D eigenvalue weighted by atomic mass is 9.94. The van der Waals surface area contributed by atoms with E-state index >= 15 is 0 Å². The van der Waals surface area contributed by atoms with E-state index in [2.05, 4.69) is 16.4 Å². The zero-order valence-electron chi connectivity index (χ0n) is 14.6. The fourth-order valence-electron chi connectivity index (χ4n) is 2.37. The van der Waals surface area contributed by atoms with Crippen molar-refractivity contribution in [1.82, 2.24) is 0 Å². The van der Waals surface area contributed by atoms with Gasteiger partial charge >= 0.3 is 5.97 Å². The van der Waals surface area contributed by atoms with Gasteiger partial charge in [-0.2, -0.15) is 5.26 Å². The molecule has 0 fully saturated rings. The van der Waals surface area contributed by atoms with Gasteiger partial charge in [0.15, 0.2) is 5.71 Å². The molecule has 7 heteroatoms. The maximum absolute atomic E-state index is 12.1. The summed E-state index contributed by atoms with van der Waals surface area (Å²) in [7, 11) is 4.02. The number of rotatable bonds is 6. The molecule has 0 saturated carbocycles. The van der Waals surface area contributed by atoms with E-state index in [1.165, 1.54) is 21.3 Å². The molecule has 2 aromatic carbocycles. The summed E-state index contributed by atoms with van der Waals surface area (Å²) in [4.78, 5) is 21.9. The smallest absolute Gasteiger partial charge is 0.360 e. The zero-order valence-corrected chi connectivity index (χ0v) is 14.6. The van der Waals surface area contributed by atoms with E-state index < -0.39 is 5.97 Å². The highest BCUT2D eigenvalue weighted by Gasteiger charge is 2.22. The van der Waals surface area contributed by atoms with E-state index in [4.69, 9.17) is 19.7 Å². The third-order valence-corrected chi connectivity index (χ3v) is 3.45. The van der Waals surface area contributed by atoms with Gasteiger partial charge in [-0.25, -0.2) is 4.79 Å². The molecule has 0 saturated heterocycles. The van der Waals surface area contributed by atoms with Crippen molar-refractivity contribution in [1.29, 1.82) is 5.26 Å². The van der Waals surface area contributed by atoms with Gasteiger partial charge < -0.3 is 14.4 Å². The van der Waals surface area contributed by atoms with Crippen LogP contribution >= 0.6 is 0 Å². The van der Waals surface area contributed by atoms with Crippen molar-refractivity contribution in [3.8, 4) is 6.07 Å². The predicted molar refractivity (Wildman–Crippen MR) is 95.8 cm³/mol. The Labute approximate surface area is 151 Å². The van der Waals surface area contributed by atoms with Crippen LogP contribution in [0.1, 0.15) is 22.3 Å². The van der Waals surface area contributed by atoms with Crippen molar-refractivity contribution in [2.75, 3.05) is 21.3 Å². The lowest BCUT2D eigenvalue weighted by Crippen LogP contribution is -2.21. The molecule has 0 aliphatic carbocycles. The predicted octanol–water partition coefficient (Wildman–Crippen LogP) is 2.48. The first-order chi connectivity index (χ1) is 12.7. The number of ether oxygens (including phenoxy) is 1. The summed E-state index contributed by atoms with van der Waals surface area (Å²) in [5, 5.41) is 17.0. The van der Waals surface area contributed by atoms with E-state index in [1.54, 1.807) is 48.5 Å². The molecule has 0 spiro atoms. The summed E-state index contributed by atoms with van der Waals surface area (Å²) in [6.45, 7) is 0. The molecule has 0 aromatic heterocycles. The Bertz CT molecular complexity index is 898. The first kappa shape index (κ1) is 18.7. The number of hydrogen-bond acceptors (Lipinski definition) is 7. The van der Waals surface area contributed by atoms with Crippen molar-refractivity contribution in [3.63, 3.8) is 0 Å². The van der Waals surface area contributed by atoms with Gasteiger partial charge in [-0.3, -0.25) is 0 Å². The van der Waals surface area contributed by atoms with Crippen molar-refractivity contribution in [2.24, 2.45) is 10.3 Å². The van der Waals surface area contributed by atoms with Gasteiger partial charge in [0.25, 0.3) is 0 Å². The van der Waals surface area contributed by atoms with Crippen LogP contribution < -0.4 is 0 Å². The zero-order chi connectivity index (χ0) is 18.9. The summed E-state index contributed by atoms with van der Waals surface area (Å²) < 4.78 is 4.79. The van der Waals surface area contributed by atoms with Crippen molar-refractivity contribution >= 4 is 17.4 Å². The van der Waals surface area contributed by atoms with E-state index in [1.807, 2.05) is 0 Å². The number of hydrogen-bond donors (Lipinski definition) is 0. The molecule has 7 nitrogen and oxygen atoms in total. The third kappa shape index (κ3) is 4.05. The summed E-state index contributed by atoms with van der Waals surface area (Å²) in [6.07, 6.45) is 0. The minimum absolute atomic E-state index is 0.00848. The Morgan fingerprint density at radius 3 is 2.27 bits per heavy atom. The highest BCUT2D eigenvalue weighted by atomic mass is 16.6. The second-order valence-corrected chi connectivity index (χ2v) is 4.97. The van der Waals surface area contributed by atoms with Crippen LogP contribution in [-0.2, 0) is 19.2 Å². The van der Waals surface area contributed by atoms with Crippen LogP contribution in [0.25, 0.3) is 0 Å². The Hall–Kier alpha value is -3.66. The van der Waals surface area contributed by atoms with Gasteiger partial charge in [-0.1, -0.05) is 46.7 Å². The number of nitriles is 1. The number of oxime groups is 2. The highest BCUT2D eigenvalue weighted by molar-refractivity contribution is 6.44. The first-order valence-corrected chi connectivity index (χ1v) is 7.57. The van der Waals surface area contributed by atoms with Crippen LogP contribution in [0.2, 0.25) is 0 Å². The second-order valence-electron chi connectivity index (χ2n) is 4.97. The van der Waals surface area contributed by atoms with Crippen molar-refractivity contribution in [2.45, 2.75) is 0 Å². The first-order valence-electron chi connectivity index (χ1n) is 7.57. The monoisotopic (exact) mass is 351 g/mol. The number of esters is 1. The Balaban J connectivity index is 2.68. The summed E-state index contributed by atoms with van der Waals surface area (Å²) in [5.74, 6) is -0.651. The summed E-state index contributed by atoms with van der Waals surface area (Å²) in [6, 6.07) is 16.0. The quantitative estimate of drug-likeness (QED) is 0.453. The molecule has 0 heterocycles. The number of benzene rings is 2. The molecule has 0 aliphatic heterocycles. The topological polar surface area (TPSA) is 93.3 Å². The van der Waals surface area contributed by atoms with E-state index in [-0.39, 0.29) is 5.71 Å². The number of carbonyl (C=O) groups is 1. The maximum atomic E-state index is 12.1. The third-order valence-electron chi connectivity index (χ3n) is 3.45. The molecule has 0 atom stereocenters. The number of methoxy groups -OCH3 is 1. The molecular formula is C19H17N3O4. The molecule has 26 heavy (non-hydrogen) atoms. The van der Waals surface area contributed by atoms with Crippen LogP contribution in [0, 0.1) is 11.3 Å². The molecule has 0 radical (unpaired) electrons. The standard InChI is InChI=1S/C19H17N3O4/c1-24-19(23)18(22-26-3)16-10-5-4-9-15(16)17(21-25-2)14-8-6-7-13(11-14)12-20/h4-11H,1-3H3/b21-17+,22-18+. The van der Waals surface area contributed by atoms with Gasteiger partial charge in [0.1, 0.15) is 19.9 Å². The van der Waals surface area contributed by atoms with Crippen LogP contribution in [0.15, 0.2) is 58.8 Å². The highest BCUT2D eigenvalue weighted by Crippen LogP contribution is 2.19. The summed E-state index contributed by atoms with van der Waals surface area (Å²) in [5.41, 5.74) is 2.59. The Kier molecular flexibility index (Phi) is 6.46. The van der Waals surface area contributed by atoms with Gasteiger partial charge in [0.2, 0.25) is 0 Å². The molecule has 0 unspecified atom stereocenters. The minimum atomic E-state index is -0.651. The SMILES string of the molecule is CO/N=C(/C(=O)OC)c1ccccc1/C(=N/OC)c1cccc(C#N)c1. The fraction of sp³-hybridized carbons (Fsp3) is 0.158. The number of nitrogens with zero attached hydrogens (tertiary/aromatic N) is 3. The minimum Gasteiger partial charge on any atom is -0.464 e. The fourth-order valence-corrected chi connectivity index (χ4v) is 2.37. The average molecular weight is 351 g/mol. The lowest BCUT2D eigenvalue weighted by molar-refractivity contribution is -0.132. The second kappa shape index (κ2) is 8.99. The molecule has 2 aromatic rings. The van der Waals surface area contributed by atoms with Gasteiger partial charge in [-0.15, -0.1) is 0 Å². The van der Waals surface area contributed by atoms with Crippen molar-refractivity contribution in [3.05, 3.63) is 70.8 Å². The molecule has 132 valence electrons. The lowest BCUT2D eigenvalue weighted by Gasteiger charge is -2.12. The van der Waals surface area contributed by atoms with E-state index in [9.17, 15) is 4.79 Å². The molecule has 0 bridgehead atoms. The Morgan fingerprint density at radius 1 is 0.962 bits per heavy atom. The molecule has 0 amide bonds. The van der Waals surface area contributed by atoms with Crippen LogP contribution in [0.5, 0.6) is 0 Å². The van der Waals surface area contributed by atoms with E-state index in [0.29, 0.717) is 28.0 Å². The number of carbonyl (C=O) groups excluding carboxylic acids is 1. The maximum Gasteiger partial charge on any atom is 0.360 e. The van der Waals surface area contributed by atoms with Crippen LogP contribution in [0.3, 0.4) is 0 Å². The average Bonchev–Trinajstić information content (AvgIpc) is 2.70. The molecular weight excluding hydrogens is 334 g/mol. The van der Waals surface area contributed by atoms with Crippen molar-refractivity contribution < 1.29 is 19.2 Å².